The zero-order valence-corrected chi connectivity index (χ0v) is 13.3. The highest BCUT2D eigenvalue weighted by Gasteiger charge is 2.19. The van der Waals surface area contributed by atoms with Gasteiger partial charge in [0.05, 0.1) is 12.2 Å². The molecule has 0 saturated heterocycles. The van der Waals surface area contributed by atoms with Crippen LogP contribution in [0.25, 0.3) is 0 Å². The van der Waals surface area contributed by atoms with Crippen LogP contribution in [0.3, 0.4) is 0 Å². The minimum absolute atomic E-state index is 0.0686. The minimum atomic E-state index is -4.22. The van der Waals surface area contributed by atoms with E-state index in [9.17, 15) is 13.2 Å². The SMILES string of the molecule is Cc1ccc(CN(C(N)=O)c2ccccc2OS(N)(=O)=O)cc1. The number of aryl methyl sites for hydroxylation is 1. The van der Waals surface area contributed by atoms with Crippen LogP contribution in [-0.4, -0.2) is 14.4 Å². The zero-order chi connectivity index (χ0) is 17.0. The maximum Gasteiger partial charge on any atom is 0.380 e. The fourth-order valence-corrected chi connectivity index (χ4v) is 2.42. The molecule has 23 heavy (non-hydrogen) atoms. The van der Waals surface area contributed by atoms with Crippen molar-refractivity contribution in [2.75, 3.05) is 4.90 Å². The quantitative estimate of drug-likeness (QED) is 0.864. The number of benzene rings is 2. The van der Waals surface area contributed by atoms with Gasteiger partial charge in [-0.3, -0.25) is 4.90 Å². The summed E-state index contributed by atoms with van der Waals surface area (Å²) in [7, 11) is -4.22. The van der Waals surface area contributed by atoms with E-state index in [0.717, 1.165) is 11.1 Å². The van der Waals surface area contributed by atoms with E-state index in [1.165, 1.54) is 17.0 Å². The summed E-state index contributed by atoms with van der Waals surface area (Å²) in [5.41, 5.74) is 7.56. The van der Waals surface area contributed by atoms with Crippen molar-refractivity contribution < 1.29 is 17.4 Å². The van der Waals surface area contributed by atoms with Gasteiger partial charge in [-0.05, 0) is 24.6 Å². The molecule has 0 aliphatic heterocycles. The normalized spacial score (nSPS) is 11.0. The summed E-state index contributed by atoms with van der Waals surface area (Å²) in [4.78, 5) is 13.0. The summed E-state index contributed by atoms with van der Waals surface area (Å²) >= 11 is 0. The predicted molar refractivity (Wildman–Crippen MR) is 87.1 cm³/mol. The van der Waals surface area contributed by atoms with Crippen LogP contribution in [0.4, 0.5) is 10.5 Å². The van der Waals surface area contributed by atoms with Gasteiger partial charge in [0, 0.05) is 0 Å². The Labute approximate surface area is 134 Å². The number of amides is 2. The van der Waals surface area contributed by atoms with Crippen LogP contribution in [0.2, 0.25) is 0 Å². The van der Waals surface area contributed by atoms with Crippen LogP contribution in [0.5, 0.6) is 5.75 Å². The van der Waals surface area contributed by atoms with Gasteiger partial charge < -0.3 is 9.92 Å². The van der Waals surface area contributed by atoms with E-state index >= 15 is 0 Å². The number of nitrogens with zero attached hydrogens (tertiary/aromatic N) is 1. The van der Waals surface area contributed by atoms with Crippen molar-refractivity contribution in [3.63, 3.8) is 0 Å². The number of anilines is 1. The number of nitrogens with two attached hydrogens (primary N) is 2. The third-order valence-corrected chi connectivity index (χ3v) is 3.50. The molecule has 0 bridgehead atoms. The molecule has 2 aromatic rings. The van der Waals surface area contributed by atoms with Crippen LogP contribution in [0.1, 0.15) is 11.1 Å². The highest BCUT2D eigenvalue weighted by atomic mass is 32.2. The lowest BCUT2D eigenvalue weighted by Gasteiger charge is -2.22. The molecule has 7 nitrogen and oxygen atoms in total. The molecule has 0 fully saturated rings. The van der Waals surface area contributed by atoms with E-state index in [0.29, 0.717) is 0 Å². The average molecular weight is 335 g/mol. The van der Waals surface area contributed by atoms with Crippen LogP contribution >= 0.6 is 0 Å². The first kappa shape index (κ1) is 16.8. The predicted octanol–water partition coefficient (Wildman–Crippen LogP) is 1.66. The second kappa shape index (κ2) is 6.67. The standard InChI is InChI=1S/C15H17N3O4S/c1-11-6-8-12(9-7-11)10-18(15(16)19)13-4-2-3-5-14(13)22-23(17,20)21/h2-9H,10H2,1H3,(H2,16,19)(H2,17,20,21). The molecule has 4 N–H and O–H groups in total. The van der Waals surface area contributed by atoms with Gasteiger partial charge in [-0.2, -0.15) is 13.6 Å². The first-order valence-corrected chi connectivity index (χ1v) is 8.17. The first-order valence-electron chi connectivity index (χ1n) is 6.70. The molecule has 0 aromatic heterocycles. The molecule has 8 heteroatoms. The monoisotopic (exact) mass is 335 g/mol. The molecule has 0 saturated carbocycles. The number of primary amides is 1. The Morgan fingerprint density at radius 2 is 1.74 bits per heavy atom. The first-order chi connectivity index (χ1) is 10.8. The number of rotatable bonds is 5. The molecule has 0 heterocycles. The van der Waals surface area contributed by atoms with Gasteiger partial charge in [0.15, 0.2) is 5.75 Å². The van der Waals surface area contributed by atoms with E-state index in [1.807, 2.05) is 31.2 Å². The van der Waals surface area contributed by atoms with Gasteiger partial charge in [-0.1, -0.05) is 42.0 Å². The van der Waals surface area contributed by atoms with Crippen molar-refractivity contribution in [3.05, 3.63) is 59.7 Å². The van der Waals surface area contributed by atoms with Crippen LogP contribution < -0.4 is 20.0 Å². The van der Waals surface area contributed by atoms with E-state index in [4.69, 9.17) is 15.1 Å². The Bertz CT molecular complexity index is 804. The van der Waals surface area contributed by atoms with Crippen LogP contribution in [0, 0.1) is 6.92 Å². The third kappa shape index (κ3) is 4.70. The van der Waals surface area contributed by atoms with E-state index in [2.05, 4.69) is 0 Å². The Hall–Kier alpha value is -2.58. The topological polar surface area (TPSA) is 116 Å². The molecule has 122 valence electrons. The number of urea groups is 1. The molecule has 0 aliphatic carbocycles. The number of carbonyl (C=O) groups excluding carboxylic acids is 1. The maximum absolute atomic E-state index is 11.8. The third-order valence-electron chi connectivity index (χ3n) is 3.09. The van der Waals surface area contributed by atoms with Crippen molar-refractivity contribution in [1.29, 1.82) is 0 Å². The van der Waals surface area contributed by atoms with Crippen LogP contribution in [-0.2, 0) is 16.8 Å². The van der Waals surface area contributed by atoms with Crippen molar-refractivity contribution in [1.82, 2.24) is 0 Å². The van der Waals surface area contributed by atoms with Crippen molar-refractivity contribution >= 4 is 22.0 Å². The molecule has 2 aromatic carbocycles. The summed E-state index contributed by atoms with van der Waals surface area (Å²) in [5, 5.41) is 4.90. The summed E-state index contributed by atoms with van der Waals surface area (Å²) < 4.78 is 27.0. The van der Waals surface area contributed by atoms with Crippen molar-refractivity contribution in [2.24, 2.45) is 10.9 Å². The van der Waals surface area contributed by atoms with Crippen molar-refractivity contribution in [2.45, 2.75) is 13.5 Å². The van der Waals surface area contributed by atoms with Gasteiger partial charge >= 0.3 is 16.3 Å². The van der Waals surface area contributed by atoms with Gasteiger partial charge in [0.2, 0.25) is 0 Å². The molecular weight excluding hydrogens is 318 g/mol. The Balaban J connectivity index is 2.38. The van der Waals surface area contributed by atoms with Gasteiger partial charge in [0.1, 0.15) is 0 Å². The number of hydrogen-bond acceptors (Lipinski definition) is 4. The molecule has 0 spiro atoms. The van der Waals surface area contributed by atoms with E-state index in [1.54, 1.807) is 12.1 Å². The smallest absolute Gasteiger partial charge is 0.369 e. The second-order valence-electron chi connectivity index (χ2n) is 4.95. The average Bonchev–Trinajstić information content (AvgIpc) is 2.46. The highest BCUT2D eigenvalue weighted by molar-refractivity contribution is 7.84. The number of carbonyl (C=O) groups is 1. The van der Waals surface area contributed by atoms with E-state index in [-0.39, 0.29) is 18.0 Å². The lowest BCUT2D eigenvalue weighted by atomic mass is 10.1. The van der Waals surface area contributed by atoms with Gasteiger partial charge in [0.25, 0.3) is 0 Å². The van der Waals surface area contributed by atoms with Gasteiger partial charge in [-0.25, -0.2) is 4.79 Å². The summed E-state index contributed by atoms with van der Waals surface area (Å²) in [6.45, 7) is 2.12. The minimum Gasteiger partial charge on any atom is -0.369 e. The largest absolute Gasteiger partial charge is 0.380 e. The lowest BCUT2D eigenvalue weighted by molar-refractivity contribution is 0.253. The Morgan fingerprint density at radius 3 is 2.30 bits per heavy atom. The summed E-state index contributed by atoms with van der Waals surface area (Å²) in [5.74, 6) is -0.0686. The second-order valence-corrected chi connectivity index (χ2v) is 6.11. The fraction of sp³-hybridized carbons (Fsp3) is 0.133. The molecule has 2 rings (SSSR count). The molecule has 2 amide bonds. The summed E-state index contributed by atoms with van der Waals surface area (Å²) in [6, 6.07) is 12.9. The number of hydrogen-bond donors (Lipinski definition) is 2. The highest BCUT2D eigenvalue weighted by Crippen LogP contribution is 2.30. The lowest BCUT2D eigenvalue weighted by Crippen LogP contribution is -2.35. The van der Waals surface area contributed by atoms with Crippen molar-refractivity contribution in [3.8, 4) is 5.75 Å². The molecule has 0 aliphatic rings. The molecule has 0 unspecified atom stereocenters. The Morgan fingerprint density at radius 1 is 1.13 bits per heavy atom. The fourth-order valence-electron chi connectivity index (χ4n) is 2.03. The van der Waals surface area contributed by atoms with E-state index < -0.39 is 16.3 Å². The van der Waals surface area contributed by atoms with Crippen LogP contribution in [0.15, 0.2) is 48.5 Å². The van der Waals surface area contributed by atoms with Gasteiger partial charge in [-0.15, -0.1) is 0 Å². The maximum atomic E-state index is 11.8. The molecule has 0 radical (unpaired) electrons. The Kier molecular flexibility index (Phi) is 4.87. The molecule has 0 atom stereocenters. The summed E-state index contributed by atoms with van der Waals surface area (Å²) in [6.07, 6.45) is 0. The molecular formula is C15H17N3O4S. The zero-order valence-electron chi connectivity index (χ0n) is 12.5. The number of para-hydroxylation sites is 2.